The van der Waals surface area contributed by atoms with Gasteiger partial charge in [-0.05, 0) is 24.8 Å². The molecule has 0 aliphatic carbocycles. The van der Waals surface area contributed by atoms with Crippen LogP contribution in [0.2, 0.25) is 0 Å². The smallest absolute Gasteiger partial charge is 0.289 e. The normalized spacial score (nSPS) is 14.9. The number of furan rings is 1. The van der Waals surface area contributed by atoms with Crippen LogP contribution in [0.1, 0.15) is 39.3 Å². The topological polar surface area (TPSA) is 89.6 Å². The van der Waals surface area contributed by atoms with E-state index in [9.17, 15) is 9.59 Å². The number of hydrogen-bond donors (Lipinski definition) is 1. The summed E-state index contributed by atoms with van der Waals surface area (Å²) in [5.41, 5.74) is 2.05. The summed E-state index contributed by atoms with van der Waals surface area (Å²) in [6.07, 6.45) is 4.92. The van der Waals surface area contributed by atoms with Gasteiger partial charge in [0.2, 0.25) is 0 Å². The van der Waals surface area contributed by atoms with Crippen molar-refractivity contribution in [3.63, 3.8) is 0 Å². The van der Waals surface area contributed by atoms with E-state index in [1.807, 2.05) is 29.2 Å². The highest BCUT2D eigenvalue weighted by molar-refractivity contribution is 5.99. The number of rotatable bonds is 6. The predicted octanol–water partition coefficient (Wildman–Crippen LogP) is 2.59. The van der Waals surface area contributed by atoms with Crippen LogP contribution in [0.15, 0.2) is 41.1 Å². The molecule has 0 bridgehead atoms. The Morgan fingerprint density at radius 3 is 2.73 bits per heavy atom. The minimum atomic E-state index is -0.118. The second kappa shape index (κ2) is 8.71. The van der Waals surface area contributed by atoms with E-state index in [1.165, 1.54) is 0 Å². The van der Waals surface area contributed by atoms with Crippen LogP contribution in [0.25, 0.3) is 11.0 Å². The molecule has 3 aromatic rings. The van der Waals surface area contributed by atoms with Gasteiger partial charge in [-0.25, -0.2) is 0 Å². The van der Waals surface area contributed by atoms with Gasteiger partial charge in [0, 0.05) is 50.9 Å². The van der Waals surface area contributed by atoms with Crippen molar-refractivity contribution >= 4 is 22.8 Å². The van der Waals surface area contributed by atoms with E-state index in [1.54, 1.807) is 31.2 Å². The van der Waals surface area contributed by atoms with E-state index in [2.05, 4.69) is 10.4 Å². The predicted molar refractivity (Wildman–Crippen MR) is 111 cm³/mol. The molecule has 1 fully saturated rings. The maximum atomic E-state index is 13.1. The molecule has 1 aromatic carbocycles. The number of fused-ring (bicyclic) bond motifs is 1. The van der Waals surface area contributed by atoms with Crippen molar-refractivity contribution in [2.45, 2.75) is 19.4 Å². The fourth-order valence-electron chi connectivity index (χ4n) is 3.92. The molecule has 3 heterocycles. The van der Waals surface area contributed by atoms with Gasteiger partial charge in [0.05, 0.1) is 18.4 Å². The SMILES string of the molecule is COCc1c(C(=O)N2CCC(CNC(=O)c3cnn(C)c3)CC2)oc2ccccc12. The first-order chi connectivity index (χ1) is 14.6. The lowest BCUT2D eigenvalue weighted by Gasteiger charge is -2.31. The number of nitrogens with zero attached hydrogens (tertiary/aromatic N) is 3. The second-order valence-electron chi connectivity index (χ2n) is 7.69. The van der Waals surface area contributed by atoms with E-state index >= 15 is 0 Å². The third-order valence-electron chi connectivity index (χ3n) is 5.60. The fraction of sp³-hybridized carbons (Fsp3) is 0.409. The van der Waals surface area contributed by atoms with Gasteiger partial charge >= 0.3 is 0 Å². The van der Waals surface area contributed by atoms with Crippen LogP contribution in [-0.4, -0.2) is 53.2 Å². The van der Waals surface area contributed by atoms with Crippen LogP contribution in [0.5, 0.6) is 0 Å². The number of aromatic nitrogens is 2. The number of para-hydroxylation sites is 1. The quantitative estimate of drug-likeness (QED) is 0.675. The zero-order chi connectivity index (χ0) is 21.1. The van der Waals surface area contributed by atoms with Gasteiger partial charge in [-0.3, -0.25) is 14.3 Å². The third kappa shape index (κ3) is 4.09. The molecule has 0 saturated carbocycles. The van der Waals surface area contributed by atoms with E-state index in [-0.39, 0.29) is 11.8 Å². The third-order valence-corrected chi connectivity index (χ3v) is 5.60. The average molecular weight is 410 g/mol. The number of carbonyl (C=O) groups is 2. The Hall–Kier alpha value is -3.13. The monoisotopic (exact) mass is 410 g/mol. The van der Waals surface area contributed by atoms with Crippen molar-refractivity contribution in [2.24, 2.45) is 13.0 Å². The highest BCUT2D eigenvalue weighted by Crippen LogP contribution is 2.29. The summed E-state index contributed by atoms with van der Waals surface area (Å²) < 4.78 is 12.8. The van der Waals surface area contributed by atoms with Gasteiger partial charge in [-0.15, -0.1) is 0 Å². The summed E-state index contributed by atoms with van der Waals surface area (Å²) in [5.74, 6) is 0.481. The zero-order valence-electron chi connectivity index (χ0n) is 17.3. The van der Waals surface area contributed by atoms with Crippen LogP contribution in [0.3, 0.4) is 0 Å². The first kappa shape index (κ1) is 20.2. The molecular weight excluding hydrogens is 384 g/mol. The highest BCUT2D eigenvalue weighted by atomic mass is 16.5. The number of piperidine rings is 1. The Labute approximate surface area is 174 Å². The number of amides is 2. The lowest BCUT2D eigenvalue weighted by molar-refractivity contribution is 0.0649. The van der Waals surface area contributed by atoms with Crippen molar-refractivity contribution in [3.05, 3.63) is 53.5 Å². The average Bonchev–Trinajstić information content (AvgIpc) is 3.36. The summed E-state index contributed by atoms with van der Waals surface area (Å²) in [4.78, 5) is 27.1. The standard InChI is InChI=1S/C22H26N4O4/c1-25-13-16(12-24-25)21(27)23-11-15-7-9-26(10-8-15)22(28)20-18(14-29-2)17-5-3-4-6-19(17)30-20/h3-6,12-13,15H,7-11,14H2,1-2H3,(H,23,27). The maximum absolute atomic E-state index is 13.1. The van der Waals surface area contributed by atoms with Gasteiger partial charge in [-0.2, -0.15) is 5.10 Å². The molecule has 8 heteroatoms. The number of carbonyl (C=O) groups excluding carboxylic acids is 2. The number of hydrogen-bond acceptors (Lipinski definition) is 5. The highest BCUT2D eigenvalue weighted by Gasteiger charge is 2.28. The molecule has 0 unspecified atom stereocenters. The molecule has 0 atom stereocenters. The number of likely N-dealkylation sites (tertiary alicyclic amines) is 1. The second-order valence-corrected chi connectivity index (χ2v) is 7.69. The summed E-state index contributed by atoms with van der Waals surface area (Å²) >= 11 is 0. The van der Waals surface area contributed by atoms with Crippen LogP contribution in [0.4, 0.5) is 0 Å². The van der Waals surface area contributed by atoms with Crippen molar-refractivity contribution in [1.29, 1.82) is 0 Å². The van der Waals surface area contributed by atoms with Gasteiger partial charge in [0.1, 0.15) is 5.58 Å². The minimum absolute atomic E-state index is 0.101. The first-order valence-electron chi connectivity index (χ1n) is 10.1. The molecule has 1 N–H and O–H groups in total. The van der Waals surface area contributed by atoms with Crippen molar-refractivity contribution in [3.8, 4) is 0 Å². The van der Waals surface area contributed by atoms with E-state index in [0.29, 0.717) is 49.1 Å². The lowest BCUT2D eigenvalue weighted by Crippen LogP contribution is -2.41. The number of methoxy groups -OCH3 is 1. The van der Waals surface area contributed by atoms with Gasteiger partial charge in [0.25, 0.3) is 11.8 Å². The number of ether oxygens (including phenoxy) is 1. The minimum Gasteiger partial charge on any atom is -0.451 e. The van der Waals surface area contributed by atoms with Gasteiger partial charge < -0.3 is 19.4 Å². The van der Waals surface area contributed by atoms with Crippen LogP contribution >= 0.6 is 0 Å². The summed E-state index contributed by atoms with van der Waals surface area (Å²) in [7, 11) is 3.39. The van der Waals surface area contributed by atoms with Crippen molar-refractivity contribution < 1.29 is 18.7 Å². The van der Waals surface area contributed by atoms with Crippen LogP contribution < -0.4 is 5.32 Å². The number of nitrogens with one attached hydrogen (secondary N) is 1. The number of aryl methyl sites for hydroxylation is 1. The summed E-state index contributed by atoms with van der Waals surface area (Å²) in [6, 6.07) is 7.63. The Morgan fingerprint density at radius 2 is 2.03 bits per heavy atom. The molecule has 1 saturated heterocycles. The van der Waals surface area contributed by atoms with E-state index in [4.69, 9.17) is 9.15 Å². The molecule has 0 spiro atoms. The molecule has 1 aliphatic rings. The Morgan fingerprint density at radius 1 is 1.27 bits per heavy atom. The summed E-state index contributed by atoms with van der Waals surface area (Å²) in [5, 5.41) is 7.90. The molecule has 4 rings (SSSR count). The Kier molecular flexibility index (Phi) is 5.85. The number of benzene rings is 1. The molecule has 1 aliphatic heterocycles. The zero-order valence-corrected chi connectivity index (χ0v) is 17.3. The fourth-order valence-corrected chi connectivity index (χ4v) is 3.92. The molecule has 2 aromatic heterocycles. The van der Waals surface area contributed by atoms with Crippen molar-refractivity contribution in [2.75, 3.05) is 26.7 Å². The van der Waals surface area contributed by atoms with Crippen molar-refractivity contribution in [1.82, 2.24) is 20.0 Å². The Bertz CT molecular complexity index is 1050. The van der Waals surface area contributed by atoms with E-state index in [0.717, 1.165) is 23.8 Å². The summed E-state index contributed by atoms with van der Waals surface area (Å²) in [6.45, 7) is 2.19. The molecule has 0 radical (unpaired) electrons. The molecule has 30 heavy (non-hydrogen) atoms. The maximum Gasteiger partial charge on any atom is 0.289 e. The van der Waals surface area contributed by atoms with Gasteiger partial charge in [-0.1, -0.05) is 18.2 Å². The van der Waals surface area contributed by atoms with Crippen LogP contribution in [-0.2, 0) is 18.4 Å². The molecule has 8 nitrogen and oxygen atoms in total. The molecule has 2 amide bonds. The van der Waals surface area contributed by atoms with E-state index < -0.39 is 0 Å². The molecule has 158 valence electrons. The largest absolute Gasteiger partial charge is 0.451 e. The first-order valence-corrected chi connectivity index (χ1v) is 10.1. The van der Waals surface area contributed by atoms with Gasteiger partial charge in [0.15, 0.2) is 5.76 Å². The van der Waals surface area contributed by atoms with Crippen LogP contribution in [0, 0.1) is 5.92 Å². The lowest BCUT2D eigenvalue weighted by atomic mass is 9.96. The Balaban J connectivity index is 1.36. The molecular formula is C22H26N4O4.